The van der Waals surface area contributed by atoms with Gasteiger partial charge in [-0.15, -0.1) is 11.6 Å². The molecule has 0 spiro atoms. The first-order valence-corrected chi connectivity index (χ1v) is 7.25. The molecule has 0 aliphatic carbocycles. The zero-order valence-electron chi connectivity index (χ0n) is 11.1. The first-order chi connectivity index (χ1) is 9.15. The Balaban J connectivity index is 2.39. The monoisotopic (exact) mass is 301 g/mol. The highest BCUT2D eigenvalue weighted by atomic mass is 35.5. The zero-order valence-corrected chi connectivity index (χ0v) is 12.6. The SMILES string of the molecule is CCOC(C)Cn1c(CCCl)nc2cc(Cl)cnc21. The maximum atomic E-state index is 5.95. The molecule has 1 unspecified atom stereocenters. The van der Waals surface area contributed by atoms with Gasteiger partial charge in [0.15, 0.2) is 5.65 Å². The zero-order chi connectivity index (χ0) is 13.8. The molecular formula is C13H17Cl2N3O. The van der Waals surface area contributed by atoms with Gasteiger partial charge in [0.1, 0.15) is 11.3 Å². The van der Waals surface area contributed by atoms with Crippen molar-refractivity contribution in [3.05, 3.63) is 23.1 Å². The van der Waals surface area contributed by atoms with E-state index >= 15 is 0 Å². The average Bonchev–Trinajstić information content (AvgIpc) is 2.67. The van der Waals surface area contributed by atoms with Crippen molar-refractivity contribution in [2.45, 2.75) is 32.9 Å². The smallest absolute Gasteiger partial charge is 0.160 e. The van der Waals surface area contributed by atoms with Crippen LogP contribution in [0.5, 0.6) is 0 Å². The van der Waals surface area contributed by atoms with Gasteiger partial charge in [-0.05, 0) is 19.9 Å². The third kappa shape index (κ3) is 3.38. The second kappa shape index (κ2) is 6.55. The average molecular weight is 302 g/mol. The fraction of sp³-hybridized carbons (Fsp3) is 0.538. The van der Waals surface area contributed by atoms with Crippen molar-refractivity contribution in [3.8, 4) is 0 Å². The number of hydrogen-bond donors (Lipinski definition) is 0. The Labute approximate surface area is 122 Å². The molecule has 2 rings (SSSR count). The van der Waals surface area contributed by atoms with E-state index in [1.54, 1.807) is 6.20 Å². The number of hydrogen-bond acceptors (Lipinski definition) is 3. The highest BCUT2D eigenvalue weighted by molar-refractivity contribution is 6.31. The highest BCUT2D eigenvalue weighted by Crippen LogP contribution is 2.19. The summed E-state index contributed by atoms with van der Waals surface area (Å²) < 4.78 is 7.65. The Kier molecular flexibility index (Phi) is 5.02. The minimum absolute atomic E-state index is 0.106. The maximum Gasteiger partial charge on any atom is 0.160 e. The fourth-order valence-electron chi connectivity index (χ4n) is 2.09. The lowest BCUT2D eigenvalue weighted by molar-refractivity contribution is 0.0641. The van der Waals surface area contributed by atoms with Gasteiger partial charge < -0.3 is 9.30 Å². The number of fused-ring (bicyclic) bond motifs is 1. The van der Waals surface area contributed by atoms with Crippen LogP contribution in [0, 0.1) is 0 Å². The lowest BCUT2D eigenvalue weighted by Gasteiger charge is -2.14. The number of pyridine rings is 1. The molecule has 0 aromatic carbocycles. The number of alkyl halides is 1. The van der Waals surface area contributed by atoms with Gasteiger partial charge in [0, 0.05) is 25.1 Å². The normalized spacial score (nSPS) is 13.1. The van der Waals surface area contributed by atoms with Gasteiger partial charge in [-0.3, -0.25) is 0 Å². The molecule has 6 heteroatoms. The van der Waals surface area contributed by atoms with Crippen LogP contribution in [-0.2, 0) is 17.7 Å². The molecule has 0 radical (unpaired) electrons. The van der Waals surface area contributed by atoms with Crippen LogP contribution in [0.1, 0.15) is 19.7 Å². The summed E-state index contributed by atoms with van der Waals surface area (Å²) in [5.74, 6) is 1.45. The van der Waals surface area contributed by atoms with Gasteiger partial charge in [-0.2, -0.15) is 0 Å². The van der Waals surface area contributed by atoms with Crippen LogP contribution in [0.4, 0.5) is 0 Å². The van der Waals surface area contributed by atoms with E-state index in [9.17, 15) is 0 Å². The van der Waals surface area contributed by atoms with Gasteiger partial charge >= 0.3 is 0 Å². The maximum absolute atomic E-state index is 5.95. The Bertz CT molecular complexity index is 556. The molecule has 0 aliphatic heterocycles. The van der Waals surface area contributed by atoms with E-state index < -0.39 is 0 Å². The van der Waals surface area contributed by atoms with Crippen LogP contribution < -0.4 is 0 Å². The number of ether oxygens (including phenoxy) is 1. The summed E-state index contributed by atoms with van der Waals surface area (Å²) in [7, 11) is 0. The van der Waals surface area contributed by atoms with E-state index in [0.717, 1.165) is 17.0 Å². The molecule has 0 N–H and O–H groups in total. The van der Waals surface area contributed by atoms with Crippen LogP contribution >= 0.6 is 23.2 Å². The molecule has 104 valence electrons. The molecule has 0 saturated heterocycles. The quantitative estimate of drug-likeness (QED) is 0.769. The van der Waals surface area contributed by atoms with Crippen molar-refractivity contribution < 1.29 is 4.74 Å². The van der Waals surface area contributed by atoms with Crippen molar-refractivity contribution in [2.24, 2.45) is 0 Å². The van der Waals surface area contributed by atoms with Crippen molar-refractivity contribution >= 4 is 34.4 Å². The Hall–Kier alpha value is -0.840. The number of rotatable bonds is 6. The largest absolute Gasteiger partial charge is 0.377 e. The Morgan fingerprint density at radius 1 is 1.47 bits per heavy atom. The third-order valence-corrected chi connectivity index (χ3v) is 3.24. The molecule has 2 aromatic heterocycles. The fourth-order valence-corrected chi connectivity index (χ4v) is 2.42. The molecule has 19 heavy (non-hydrogen) atoms. The van der Waals surface area contributed by atoms with Crippen molar-refractivity contribution in [1.29, 1.82) is 0 Å². The number of halogens is 2. The number of imidazole rings is 1. The minimum Gasteiger partial charge on any atom is -0.377 e. The first-order valence-electron chi connectivity index (χ1n) is 6.34. The summed E-state index contributed by atoms with van der Waals surface area (Å²) in [5, 5.41) is 0.590. The molecule has 0 fully saturated rings. The van der Waals surface area contributed by atoms with E-state index in [-0.39, 0.29) is 6.10 Å². The third-order valence-electron chi connectivity index (χ3n) is 2.84. The highest BCUT2D eigenvalue weighted by Gasteiger charge is 2.14. The van der Waals surface area contributed by atoms with E-state index in [2.05, 4.69) is 14.5 Å². The minimum atomic E-state index is 0.106. The lowest BCUT2D eigenvalue weighted by Crippen LogP contribution is -2.18. The summed E-state index contributed by atoms with van der Waals surface area (Å²) in [6.07, 6.45) is 2.45. The molecular weight excluding hydrogens is 285 g/mol. The van der Waals surface area contributed by atoms with Gasteiger partial charge in [0.2, 0.25) is 0 Å². The van der Waals surface area contributed by atoms with E-state index in [0.29, 0.717) is 30.5 Å². The van der Waals surface area contributed by atoms with Gasteiger partial charge in [0.05, 0.1) is 17.7 Å². The van der Waals surface area contributed by atoms with Crippen molar-refractivity contribution in [2.75, 3.05) is 12.5 Å². The second-order valence-corrected chi connectivity index (χ2v) is 5.15. The summed E-state index contributed by atoms with van der Waals surface area (Å²) in [6.45, 7) is 5.43. The number of aromatic nitrogens is 3. The lowest BCUT2D eigenvalue weighted by atomic mass is 10.3. The predicted molar refractivity (Wildman–Crippen MR) is 78.1 cm³/mol. The van der Waals surface area contributed by atoms with Crippen LogP contribution in [0.25, 0.3) is 11.2 Å². The second-order valence-electron chi connectivity index (χ2n) is 4.34. The van der Waals surface area contributed by atoms with E-state index in [1.807, 2.05) is 19.9 Å². The molecule has 2 aromatic rings. The van der Waals surface area contributed by atoms with Gasteiger partial charge in [0.25, 0.3) is 0 Å². The summed E-state index contributed by atoms with van der Waals surface area (Å²) in [6, 6.07) is 1.82. The topological polar surface area (TPSA) is 39.9 Å². The summed E-state index contributed by atoms with van der Waals surface area (Å²) >= 11 is 11.8. The summed E-state index contributed by atoms with van der Waals surface area (Å²) in [5.41, 5.74) is 1.63. The van der Waals surface area contributed by atoms with Crippen LogP contribution in [-0.4, -0.2) is 33.1 Å². The van der Waals surface area contributed by atoms with Crippen LogP contribution in [0.3, 0.4) is 0 Å². The van der Waals surface area contributed by atoms with E-state index in [4.69, 9.17) is 27.9 Å². The van der Waals surface area contributed by atoms with Gasteiger partial charge in [-0.1, -0.05) is 11.6 Å². The Morgan fingerprint density at radius 3 is 2.95 bits per heavy atom. The van der Waals surface area contributed by atoms with Crippen molar-refractivity contribution in [1.82, 2.24) is 14.5 Å². The summed E-state index contributed by atoms with van der Waals surface area (Å²) in [4.78, 5) is 8.92. The molecule has 1 atom stereocenters. The number of aryl methyl sites for hydroxylation is 1. The van der Waals surface area contributed by atoms with Crippen LogP contribution in [0.2, 0.25) is 5.02 Å². The van der Waals surface area contributed by atoms with E-state index in [1.165, 1.54) is 0 Å². The Morgan fingerprint density at radius 2 is 2.26 bits per heavy atom. The first kappa shape index (κ1) is 14.6. The molecule has 0 bridgehead atoms. The van der Waals surface area contributed by atoms with Crippen molar-refractivity contribution in [3.63, 3.8) is 0 Å². The molecule has 2 heterocycles. The molecule has 0 aliphatic rings. The molecule has 0 saturated carbocycles. The standard InChI is InChI=1S/C13H17Cl2N3O/c1-3-19-9(2)8-18-12(4-5-14)17-11-6-10(15)7-16-13(11)18/h6-7,9H,3-5,8H2,1-2H3. The van der Waals surface area contributed by atoms with Gasteiger partial charge in [-0.25, -0.2) is 9.97 Å². The molecule has 4 nitrogen and oxygen atoms in total. The predicted octanol–water partition coefficient (Wildman–Crippen LogP) is 3.29. The molecule has 0 amide bonds. The van der Waals surface area contributed by atoms with Crippen LogP contribution in [0.15, 0.2) is 12.3 Å². The number of nitrogens with zero attached hydrogens (tertiary/aromatic N) is 3.